The van der Waals surface area contributed by atoms with Gasteiger partial charge in [0.05, 0.1) is 17.7 Å². The van der Waals surface area contributed by atoms with Crippen LogP contribution in [0.5, 0.6) is 0 Å². The van der Waals surface area contributed by atoms with Crippen molar-refractivity contribution in [3.8, 4) is 0 Å². The molecule has 2 aromatic carbocycles. The van der Waals surface area contributed by atoms with Gasteiger partial charge < -0.3 is 0 Å². The molecule has 0 fully saturated rings. The van der Waals surface area contributed by atoms with Gasteiger partial charge >= 0.3 is 5.69 Å². The van der Waals surface area contributed by atoms with Gasteiger partial charge in [0, 0.05) is 8.95 Å². The quantitative estimate of drug-likeness (QED) is 0.308. The Bertz CT molecular complexity index is 1030. The SMILES string of the molecule is O=C(N/N=C/c1ccc(Br)cc1)c1nn(Cc2ccc(Br)cc2)cc1[N+](=O)[O-]. The summed E-state index contributed by atoms with van der Waals surface area (Å²) in [6.07, 6.45) is 2.67. The third-order valence-corrected chi connectivity index (χ3v) is 4.72. The van der Waals surface area contributed by atoms with Gasteiger partial charge in [0.25, 0.3) is 5.91 Å². The molecule has 0 atom stereocenters. The van der Waals surface area contributed by atoms with Crippen molar-refractivity contribution in [3.63, 3.8) is 0 Å². The van der Waals surface area contributed by atoms with E-state index in [1.165, 1.54) is 17.1 Å². The number of rotatable bonds is 6. The topological polar surface area (TPSA) is 102 Å². The molecule has 0 aliphatic rings. The summed E-state index contributed by atoms with van der Waals surface area (Å²) in [5.74, 6) is -0.755. The van der Waals surface area contributed by atoms with Crippen molar-refractivity contribution in [3.05, 3.63) is 90.6 Å². The Hall–Kier alpha value is -2.85. The van der Waals surface area contributed by atoms with Crippen LogP contribution in [-0.2, 0) is 6.54 Å². The smallest absolute Gasteiger partial charge is 0.265 e. The molecule has 142 valence electrons. The highest BCUT2D eigenvalue weighted by Gasteiger charge is 2.25. The van der Waals surface area contributed by atoms with Crippen molar-refractivity contribution in [1.29, 1.82) is 0 Å². The second-order valence-corrected chi connectivity index (χ2v) is 7.53. The molecule has 1 N–H and O–H groups in total. The van der Waals surface area contributed by atoms with Crippen LogP contribution in [0.4, 0.5) is 5.69 Å². The zero-order valence-electron chi connectivity index (χ0n) is 14.3. The van der Waals surface area contributed by atoms with Crippen LogP contribution in [0.2, 0.25) is 0 Å². The Morgan fingerprint density at radius 1 is 1.14 bits per heavy atom. The summed E-state index contributed by atoms with van der Waals surface area (Å²) in [6, 6.07) is 14.7. The Balaban J connectivity index is 1.74. The van der Waals surface area contributed by atoms with E-state index in [1.807, 2.05) is 36.4 Å². The number of nitrogens with zero attached hydrogens (tertiary/aromatic N) is 4. The van der Waals surface area contributed by atoms with E-state index in [9.17, 15) is 14.9 Å². The van der Waals surface area contributed by atoms with E-state index < -0.39 is 10.8 Å². The lowest BCUT2D eigenvalue weighted by Crippen LogP contribution is -2.19. The zero-order chi connectivity index (χ0) is 20.1. The molecule has 1 amide bonds. The zero-order valence-corrected chi connectivity index (χ0v) is 17.4. The van der Waals surface area contributed by atoms with Gasteiger partial charge in [0.1, 0.15) is 6.20 Å². The first-order chi connectivity index (χ1) is 13.4. The lowest BCUT2D eigenvalue weighted by atomic mass is 10.2. The number of nitro groups is 1. The molecule has 0 aliphatic carbocycles. The number of nitrogens with one attached hydrogen (secondary N) is 1. The molecule has 28 heavy (non-hydrogen) atoms. The number of hydrogen-bond donors (Lipinski definition) is 1. The number of carbonyl (C=O) groups is 1. The summed E-state index contributed by atoms with van der Waals surface area (Å²) in [5, 5.41) is 19.2. The van der Waals surface area contributed by atoms with Crippen LogP contribution in [0, 0.1) is 10.1 Å². The predicted octanol–water partition coefficient (Wildman–Crippen LogP) is 4.13. The van der Waals surface area contributed by atoms with Gasteiger partial charge in [0.15, 0.2) is 0 Å². The molecule has 3 aromatic rings. The average Bonchev–Trinajstić information content (AvgIpc) is 3.09. The molecule has 10 heteroatoms. The summed E-state index contributed by atoms with van der Waals surface area (Å²) in [7, 11) is 0. The van der Waals surface area contributed by atoms with Crippen molar-refractivity contribution >= 4 is 49.7 Å². The Morgan fingerprint density at radius 3 is 2.36 bits per heavy atom. The van der Waals surface area contributed by atoms with Crippen LogP contribution in [0.1, 0.15) is 21.6 Å². The van der Waals surface area contributed by atoms with Crippen molar-refractivity contribution in [2.75, 3.05) is 0 Å². The second kappa shape index (κ2) is 8.89. The molecule has 0 spiro atoms. The average molecular weight is 507 g/mol. The van der Waals surface area contributed by atoms with E-state index >= 15 is 0 Å². The second-order valence-electron chi connectivity index (χ2n) is 5.69. The first kappa shape index (κ1) is 19.9. The number of hydrogen-bond acceptors (Lipinski definition) is 5. The van der Waals surface area contributed by atoms with E-state index in [1.54, 1.807) is 12.1 Å². The van der Waals surface area contributed by atoms with E-state index in [-0.39, 0.29) is 11.4 Å². The van der Waals surface area contributed by atoms with Gasteiger partial charge in [-0.05, 0) is 35.4 Å². The van der Waals surface area contributed by atoms with Crippen LogP contribution in [-0.4, -0.2) is 26.8 Å². The Morgan fingerprint density at radius 2 is 1.75 bits per heavy atom. The van der Waals surface area contributed by atoms with E-state index in [4.69, 9.17) is 0 Å². The van der Waals surface area contributed by atoms with E-state index in [2.05, 4.69) is 47.5 Å². The molecular weight excluding hydrogens is 494 g/mol. The maximum absolute atomic E-state index is 12.3. The van der Waals surface area contributed by atoms with Crippen LogP contribution < -0.4 is 5.43 Å². The lowest BCUT2D eigenvalue weighted by molar-refractivity contribution is -0.385. The fourth-order valence-corrected chi connectivity index (χ4v) is 2.86. The number of carbonyl (C=O) groups excluding carboxylic acids is 1. The molecule has 0 aliphatic heterocycles. The standard InChI is InChI=1S/C18H13Br2N5O3/c19-14-5-1-12(2-6-14)9-21-22-18(26)17-16(25(27)28)11-24(23-17)10-13-3-7-15(20)8-4-13/h1-9,11H,10H2,(H,22,26)/b21-9+. The third kappa shape index (κ3) is 5.11. The molecular formula is C18H13Br2N5O3. The molecule has 0 bridgehead atoms. The number of halogens is 2. The largest absolute Gasteiger partial charge is 0.320 e. The van der Waals surface area contributed by atoms with Crippen molar-refractivity contribution in [2.24, 2.45) is 5.10 Å². The molecule has 3 rings (SSSR count). The van der Waals surface area contributed by atoms with Gasteiger partial charge in [0.2, 0.25) is 5.69 Å². The monoisotopic (exact) mass is 505 g/mol. The minimum atomic E-state index is -0.755. The Labute approximate surface area is 176 Å². The van der Waals surface area contributed by atoms with Gasteiger partial charge in [-0.1, -0.05) is 56.1 Å². The molecule has 0 saturated heterocycles. The number of benzene rings is 2. The number of hydrazone groups is 1. The van der Waals surface area contributed by atoms with Crippen molar-refractivity contribution < 1.29 is 9.72 Å². The normalized spacial score (nSPS) is 10.9. The Kier molecular flexibility index (Phi) is 6.32. The van der Waals surface area contributed by atoms with E-state index in [0.29, 0.717) is 6.54 Å². The highest BCUT2D eigenvalue weighted by Crippen LogP contribution is 2.18. The van der Waals surface area contributed by atoms with Crippen molar-refractivity contribution in [2.45, 2.75) is 6.54 Å². The lowest BCUT2D eigenvalue weighted by Gasteiger charge is -2.01. The predicted molar refractivity (Wildman–Crippen MR) is 111 cm³/mol. The van der Waals surface area contributed by atoms with Crippen LogP contribution in [0.3, 0.4) is 0 Å². The van der Waals surface area contributed by atoms with Crippen molar-refractivity contribution in [1.82, 2.24) is 15.2 Å². The maximum Gasteiger partial charge on any atom is 0.320 e. The first-order valence-corrected chi connectivity index (χ1v) is 9.56. The molecule has 0 saturated carbocycles. The third-order valence-electron chi connectivity index (χ3n) is 3.66. The molecule has 1 heterocycles. The van der Waals surface area contributed by atoms with Crippen LogP contribution in [0.15, 0.2) is 68.8 Å². The minimum Gasteiger partial charge on any atom is -0.265 e. The summed E-state index contributed by atoms with van der Waals surface area (Å²) in [6.45, 7) is 0.295. The van der Waals surface area contributed by atoms with Crippen LogP contribution in [0.25, 0.3) is 0 Å². The van der Waals surface area contributed by atoms with Crippen LogP contribution >= 0.6 is 31.9 Å². The minimum absolute atomic E-state index is 0.295. The summed E-state index contributed by atoms with van der Waals surface area (Å²) in [5.41, 5.74) is 3.25. The fraction of sp³-hybridized carbons (Fsp3) is 0.0556. The number of amides is 1. The summed E-state index contributed by atoms with van der Waals surface area (Å²) >= 11 is 6.68. The summed E-state index contributed by atoms with van der Waals surface area (Å²) in [4.78, 5) is 23.0. The van der Waals surface area contributed by atoms with E-state index in [0.717, 1.165) is 20.1 Å². The summed E-state index contributed by atoms with van der Waals surface area (Å²) < 4.78 is 3.20. The molecule has 1 aromatic heterocycles. The molecule has 8 nitrogen and oxygen atoms in total. The maximum atomic E-state index is 12.3. The number of aromatic nitrogens is 2. The van der Waals surface area contributed by atoms with Gasteiger partial charge in [-0.15, -0.1) is 0 Å². The molecule has 0 radical (unpaired) electrons. The highest BCUT2D eigenvalue weighted by molar-refractivity contribution is 9.10. The molecule has 0 unspecified atom stereocenters. The first-order valence-electron chi connectivity index (χ1n) is 7.97. The van der Waals surface area contributed by atoms with Gasteiger partial charge in [-0.2, -0.15) is 10.2 Å². The highest BCUT2D eigenvalue weighted by atomic mass is 79.9. The van der Waals surface area contributed by atoms with Gasteiger partial charge in [-0.3, -0.25) is 19.6 Å². The van der Waals surface area contributed by atoms with Gasteiger partial charge in [-0.25, -0.2) is 5.43 Å². The fourth-order valence-electron chi connectivity index (χ4n) is 2.33.